The Morgan fingerprint density at radius 3 is 2.47 bits per heavy atom. The van der Waals surface area contributed by atoms with Crippen molar-refractivity contribution >= 4 is 17.5 Å². The molecule has 3 unspecified atom stereocenters. The zero-order valence-electron chi connectivity index (χ0n) is 16.8. The fraction of sp³-hybridized carbons (Fsp3) is 0.409. The number of hydrogen-bond acceptors (Lipinski definition) is 5. The number of halogens is 2. The van der Waals surface area contributed by atoms with Crippen LogP contribution in [0.3, 0.4) is 0 Å². The Labute approximate surface area is 179 Å². The number of nitrogens with zero attached hydrogens (tertiary/aromatic N) is 1. The molecule has 2 aromatic carbocycles. The van der Waals surface area contributed by atoms with Gasteiger partial charge in [-0.1, -0.05) is 11.6 Å². The van der Waals surface area contributed by atoms with Crippen LogP contribution in [0.4, 0.5) is 4.39 Å². The molecule has 2 aliphatic rings. The molecule has 0 N–H and O–H groups in total. The van der Waals surface area contributed by atoms with Gasteiger partial charge in [-0.3, -0.25) is 4.79 Å². The van der Waals surface area contributed by atoms with Crippen molar-refractivity contribution in [1.82, 2.24) is 4.90 Å². The van der Waals surface area contributed by atoms with E-state index in [4.69, 9.17) is 30.5 Å². The molecule has 30 heavy (non-hydrogen) atoms. The minimum absolute atomic E-state index is 0.00479. The predicted molar refractivity (Wildman–Crippen MR) is 109 cm³/mol. The Kier molecular flexibility index (Phi) is 6.01. The van der Waals surface area contributed by atoms with E-state index in [0.29, 0.717) is 30.4 Å². The molecule has 0 saturated carbocycles. The summed E-state index contributed by atoms with van der Waals surface area (Å²) in [7, 11) is 3.15. The number of methoxy groups -OCH3 is 2. The molecule has 0 spiro atoms. The van der Waals surface area contributed by atoms with Crippen LogP contribution in [0.2, 0.25) is 5.02 Å². The van der Waals surface area contributed by atoms with Crippen molar-refractivity contribution < 1.29 is 28.1 Å². The first-order chi connectivity index (χ1) is 14.5. The molecule has 6 nitrogen and oxygen atoms in total. The number of amides is 1. The molecule has 2 saturated heterocycles. The van der Waals surface area contributed by atoms with Crippen molar-refractivity contribution in [2.45, 2.75) is 31.1 Å². The molecule has 3 atom stereocenters. The molecule has 0 radical (unpaired) electrons. The first-order valence-electron chi connectivity index (χ1n) is 9.77. The molecule has 1 amide bonds. The summed E-state index contributed by atoms with van der Waals surface area (Å²) in [6.07, 6.45) is 1.13. The number of hydrogen-bond donors (Lipinski definition) is 0. The first-order valence-corrected chi connectivity index (χ1v) is 10.1. The van der Waals surface area contributed by atoms with E-state index in [9.17, 15) is 9.18 Å². The Morgan fingerprint density at radius 2 is 1.87 bits per heavy atom. The van der Waals surface area contributed by atoms with E-state index in [2.05, 4.69) is 0 Å². The fourth-order valence-electron chi connectivity index (χ4n) is 3.89. The summed E-state index contributed by atoms with van der Waals surface area (Å²) in [6.45, 7) is 1.19. The lowest BCUT2D eigenvalue weighted by Crippen LogP contribution is -2.62. The van der Waals surface area contributed by atoms with Gasteiger partial charge in [0.25, 0.3) is 5.91 Å². The summed E-state index contributed by atoms with van der Waals surface area (Å²) in [4.78, 5) is 14.7. The van der Waals surface area contributed by atoms with Gasteiger partial charge in [-0.2, -0.15) is 0 Å². The highest BCUT2D eigenvalue weighted by atomic mass is 35.5. The van der Waals surface area contributed by atoms with Gasteiger partial charge in [-0.25, -0.2) is 4.39 Å². The van der Waals surface area contributed by atoms with Crippen molar-refractivity contribution in [2.75, 3.05) is 27.4 Å². The van der Waals surface area contributed by atoms with Gasteiger partial charge in [0, 0.05) is 25.3 Å². The molecule has 2 aromatic rings. The molecule has 2 heterocycles. The van der Waals surface area contributed by atoms with Crippen molar-refractivity contribution in [3.8, 4) is 17.2 Å². The molecular formula is C22H23ClFNO5. The van der Waals surface area contributed by atoms with Gasteiger partial charge < -0.3 is 23.8 Å². The van der Waals surface area contributed by atoms with Crippen LogP contribution in [0.5, 0.6) is 17.2 Å². The highest BCUT2D eigenvalue weighted by Crippen LogP contribution is 2.41. The molecule has 8 heteroatoms. The van der Waals surface area contributed by atoms with Crippen molar-refractivity contribution in [3.63, 3.8) is 0 Å². The average molecular weight is 436 g/mol. The summed E-state index contributed by atoms with van der Waals surface area (Å²) in [6, 6.07) is 9.16. The number of carbonyl (C=O) groups excluding carboxylic acids is 1. The maximum atomic E-state index is 13.5. The zero-order chi connectivity index (χ0) is 21.3. The van der Waals surface area contributed by atoms with E-state index in [0.717, 1.165) is 18.4 Å². The Hall–Kier alpha value is -2.51. The first kappa shape index (κ1) is 20.8. The molecule has 4 rings (SSSR count). The van der Waals surface area contributed by atoms with E-state index in [1.54, 1.807) is 25.2 Å². The van der Waals surface area contributed by atoms with Crippen LogP contribution in [0, 0.1) is 5.82 Å². The van der Waals surface area contributed by atoms with Crippen LogP contribution in [-0.2, 0) is 9.53 Å². The van der Waals surface area contributed by atoms with Crippen LogP contribution in [0.1, 0.15) is 24.4 Å². The molecule has 0 aromatic heterocycles. The maximum Gasteiger partial charge on any atom is 0.266 e. The van der Waals surface area contributed by atoms with E-state index in [-0.39, 0.29) is 23.1 Å². The van der Waals surface area contributed by atoms with Crippen molar-refractivity contribution in [1.29, 1.82) is 0 Å². The third-order valence-electron chi connectivity index (χ3n) is 5.44. The van der Waals surface area contributed by atoms with Gasteiger partial charge in [0.15, 0.2) is 0 Å². The zero-order valence-corrected chi connectivity index (χ0v) is 17.5. The lowest BCUT2D eigenvalue weighted by atomic mass is 9.89. The number of benzene rings is 2. The molecule has 0 bridgehead atoms. The molecule has 160 valence electrons. The summed E-state index contributed by atoms with van der Waals surface area (Å²) in [5.74, 6) is 0.862. The summed E-state index contributed by atoms with van der Waals surface area (Å²) < 4.78 is 35.9. The quantitative estimate of drug-likeness (QED) is 0.615. The molecule has 2 fully saturated rings. The SMILES string of the molecule is COc1cc(OC)cc(C2C(Oc3ccc(F)c(Cl)c3)C(=O)N2CC2CCCO2)c1. The number of β-lactam (4-membered cyclic amide) rings is 1. The van der Waals surface area contributed by atoms with Gasteiger partial charge in [0.1, 0.15) is 29.1 Å². The number of likely N-dealkylation sites (tertiary alicyclic amines) is 1. The Balaban J connectivity index is 1.64. The van der Waals surface area contributed by atoms with Crippen LogP contribution in [0.25, 0.3) is 0 Å². The number of carbonyl (C=O) groups is 1. The third-order valence-corrected chi connectivity index (χ3v) is 5.73. The summed E-state index contributed by atoms with van der Waals surface area (Å²) in [5.41, 5.74) is 0.821. The van der Waals surface area contributed by atoms with Crippen molar-refractivity contribution in [3.05, 3.63) is 52.8 Å². The lowest BCUT2D eigenvalue weighted by Gasteiger charge is -2.47. The van der Waals surface area contributed by atoms with Gasteiger partial charge >= 0.3 is 0 Å². The maximum absolute atomic E-state index is 13.5. The van der Waals surface area contributed by atoms with E-state index >= 15 is 0 Å². The van der Waals surface area contributed by atoms with Crippen LogP contribution in [-0.4, -0.2) is 50.4 Å². The van der Waals surface area contributed by atoms with Gasteiger partial charge in [0.05, 0.1) is 25.3 Å². The van der Waals surface area contributed by atoms with Crippen LogP contribution < -0.4 is 14.2 Å². The summed E-state index contributed by atoms with van der Waals surface area (Å²) >= 11 is 5.87. The minimum Gasteiger partial charge on any atom is -0.497 e. The normalized spacial score (nSPS) is 23.3. The fourth-order valence-corrected chi connectivity index (χ4v) is 4.07. The van der Waals surface area contributed by atoms with Gasteiger partial charge in [-0.05, 0) is 42.7 Å². The van der Waals surface area contributed by atoms with Crippen LogP contribution >= 0.6 is 11.6 Å². The Bertz CT molecular complexity index is 911. The average Bonchev–Trinajstić information content (AvgIpc) is 3.27. The molecule has 0 aliphatic carbocycles. The van der Waals surface area contributed by atoms with Gasteiger partial charge in [0.2, 0.25) is 6.10 Å². The number of ether oxygens (including phenoxy) is 4. The standard InChI is InChI=1S/C22H23ClFNO5/c1-27-16-8-13(9-17(10-16)28-2)20-21(30-14-5-6-19(24)18(23)11-14)22(26)25(20)12-15-4-3-7-29-15/h5-6,8-11,15,20-21H,3-4,7,12H2,1-2H3. The third kappa shape index (κ3) is 4.04. The van der Waals surface area contributed by atoms with E-state index < -0.39 is 11.9 Å². The highest BCUT2D eigenvalue weighted by Gasteiger charge is 2.51. The highest BCUT2D eigenvalue weighted by molar-refractivity contribution is 6.30. The monoisotopic (exact) mass is 435 g/mol. The van der Waals surface area contributed by atoms with Crippen molar-refractivity contribution in [2.24, 2.45) is 0 Å². The Morgan fingerprint density at radius 1 is 1.13 bits per heavy atom. The lowest BCUT2D eigenvalue weighted by molar-refractivity contribution is -0.167. The smallest absolute Gasteiger partial charge is 0.266 e. The topological polar surface area (TPSA) is 57.2 Å². The van der Waals surface area contributed by atoms with E-state index in [1.165, 1.54) is 18.2 Å². The number of rotatable bonds is 7. The second-order valence-corrected chi connectivity index (χ2v) is 7.74. The predicted octanol–water partition coefficient (Wildman–Crippen LogP) is 4.01. The summed E-state index contributed by atoms with van der Waals surface area (Å²) in [5, 5.41) is -0.0601. The van der Waals surface area contributed by atoms with E-state index in [1.807, 2.05) is 12.1 Å². The van der Waals surface area contributed by atoms with Gasteiger partial charge in [-0.15, -0.1) is 0 Å². The second kappa shape index (κ2) is 8.70. The molecule has 2 aliphatic heterocycles. The molecular weight excluding hydrogens is 413 g/mol. The van der Waals surface area contributed by atoms with Crippen LogP contribution in [0.15, 0.2) is 36.4 Å². The largest absolute Gasteiger partial charge is 0.497 e. The second-order valence-electron chi connectivity index (χ2n) is 7.33. The minimum atomic E-state index is -0.773.